The van der Waals surface area contributed by atoms with Gasteiger partial charge in [0.25, 0.3) is 0 Å². The van der Waals surface area contributed by atoms with E-state index < -0.39 is 0 Å². The van der Waals surface area contributed by atoms with Crippen molar-refractivity contribution < 1.29 is 1.41 Å². The lowest BCUT2D eigenvalue weighted by molar-refractivity contribution is 1.82. The third-order valence-electron chi connectivity index (χ3n) is 0.0563. The molecule has 0 unspecified atom stereocenters. The topological polar surface area (TPSA) is 12.0 Å². The summed E-state index contributed by atoms with van der Waals surface area (Å²) in [6, 6.07) is 0. The van der Waals surface area contributed by atoms with E-state index in [1.54, 1.807) is 22.9 Å². The molecule has 0 aliphatic carbocycles. The van der Waals surface area contributed by atoms with Crippen LogP contribution in [0.2, 0.25) is 1.41 Å². The van der Waals surface area contributed by atoms with E-state index in [0.29, 0.717) is 0 Å². The number of halogens is 1. The van der Waals surface area contributed by atoms with Crippen molar-refractivity contribution in [3.8, 4) is 0 Å². The number of rotatable bonds is 1. The first-order valence-corrected chi connectivity index (χ1v) is 1.73. The Morgan fingerprint density at radius 1 is 2.50 bits per heavy atom. The monoisotopic (exact) mass is 166 g/mol. The number of hydrogen-bond acceptors (Lipinski definition) is 1. The van der Waals surface area contributed by atoms with Crippen molar-refractivity contribution in [1.29, 1.82) is 0 Å². The predicted molar refractivity (Wildman–Crippen MR) is 28.7 cm³/mol. The minimum Gasteiger partial charge on any atom is -0.654 e. The molecule has 1 nitrogen and oxygen atoms in total. The Hall–Kier alpha value is 0.820. The van der Waals surface area contributed by atoms with Crippen LogP contribution in [0, 0.1) is 0 Å². The van der Waals surface area contributed by atoms with Crippen LogP contribution in [-0.2, 0) is 0 Å². The lowest BCUT2D eigenvalue weighted by Crippen LogP contribution is -2.02. The molecule has 0 fully saturated rings. The van der Waals surface area contributed by atoms with Crippen molar-refractivity contribution in [1.82, 2.24) is 3.43 Å². The first kappa shape index (κ1) is 3.03. The maximum absolute atomic E-state index is 6.47. The molecule has 0 saturated heterocycles. The third kappa shape index (κ3) is 2.82. The summed E-state index contributed by atoms with van der Waals surface area (Å²) in [5.74, 6) is 0. The quantitative estimate of drug-likeness (QED) is 0.318. The Bertz CT molecular complexity index is 23.6. The molecule has 4 radical (unpaired) electrons. The lowest BCUT2D eigenvalue weighted by Gasteiger charge is -1.90. The van der Waals surface area contributed by atoms with Crippen molar-refractivity contribution in [2.45, 2.75) is 0 Å². The molecule has 4 heteroatoms. The zero-order chi connectivity index (χ0) is 4.28. The molecule has 0 aliphatic heterocycles. The van der Waals surface area contributed by atoms with Gasteiger partial charge in [0.1, 0.15) is 1.41 Å². The van der Waals surface area contributed by atoms with Crippen LogP contribution in [0.15, 0.2) is 0 Å². The highest BCUT2D eigenvalue weighted by Gasteiger charge is 1.38. The Morgan fingerprint density at radius 2 is 2.75 bits per heavy atom. The first-order valence-electron chi connectivity index (χ1n) is 1.21. The molecule has 0 spiro atoms. The van der Waals surface area contributed by atoms with Gasteiger partial charge in [-0.3, -0.25) is 0 Å². The zero-order valence-electron chi connectivity index (χ0n) is 2.98. The molecule has 0 aromatic rings. The molecule has 1 N–H and O–H groups in total. The van der Waals surface area contributed by atoms with Gasteiger partial charge in [-0.15, -0.1) is 7.31 Å². The van der Waals surface area contributed by atoms with E-state index in [9.17, 15) is 0 Å². The van der Waals surface area contributed by atoms with Crippen LogP contribution < -0.4 is 3.43 Å². The van der Waals surface area contributed by atoms with Crippen LogP contribution in [0.1, 0.15) is 0 Å². The summed E-state index contributed by atoms with van der Waals surface area (Å²) in [6.07, 6.45) is 0. The van der Waals surface area contributed by atoms with Crippen molar-refractivity contribution in [2.24, 2.45) is 0 Å². The summed E-state index contributed by atoms with van der Waals surface area (Å²) in [5, 5.41) is 0. The largest absolute Gasteiger partial charge is 0.654 e. The number of nitrogens with one attached hydrogen (secondary N) is 1. The minimum atomic E-state index is 0.998. The molecule has 0 atom stereocenters. The molecule has 0 rings (SSSR count). The van der Waals surface area contributed by atoms with Gasteiger partial charge in [-0.05, 0) is 22.9 Å². The lowest BCUT2D eigenvalue weighted by atomic mass is 9.69. The summed E-state index contributed by atoms with van der Waals surface area (Å²) in [5.41, 5.74) is 0. The highest BCUT2D eigenvalue weighted by Crippen LogP contribution is 1.54. The Balaban J connectivity index is 2.54. The highest BCUT2D eigenvalue weighted by atomic mass is 127. The van der Waals surface area contributed by atoms with Gasteiger partial charge in [-0.25, -0.2) is 0 Å². The van der Waals surface area contributed by atoms with E-state index in [1.807, 2.05) is 0 Å². The first-order chi connectivity index (χ1) is 2.27. The summed E-state index contributed by atoms with van der Waals surface area (Å²) in [6.45, 7) is 0. The van der Waals surface area contributed by atoms with Gasteiger partial charge in [0, 0.05) is 0 Å². The molecule has 20 valence electrons. The van der Waals surface area contributed by atoms with Gasteiger partial charge in [0.15, 0.2) is 0 Å². The molecule has 0 aromatic heterocycles. The SMILES string of the molecule is [3H]N(I)[B][B-]. The fourth-order valence-electron chi connectivity index (χ4n) is 0. The van der Waals surface area contributed by atoms with Gasteiger partial charge in [-0.1, -0.05) is 0 Å². The summed E-state index contributed by atoms with van der Waals surface area (Å²) in [4.78, 5) is 0. The van der Waals surface area contributed by atoms with E-state index in [0.717, 1.165) is 10.7 Å². The van der Waals surface area contributed by atoms with Gasteiger partial charge in [-0.2, -0.15) is 0 Å². The fraction of sp³-hybridized carbons (Fsp3) is 0. The second-order valence-electron chi connectivity index (χ2n) is 0.247. The van der Waals surface area contributed by atoms with Gasteiger partial charge in [0.05, 0.1) is 0 Å². The summed E-state index contributed by atoms with van der Waals surface area (Å²) >= 11 is 1.73. The standard InChI is InChI=1S/B2HIN/c1-2-4-3/h4H/q-1/i4T. The molecule has 0 bridgehead atoms. The second-order valence-corrected chi connectivity index (χ2v) is 0.804. The molecule has 4 heavy (non-hydrogen) atoms. The van der Waals surface area contributed by atoms with Crippen LogP contribution in [0.25, 0.3) is 0 Å². The minimum absolute atomic E-state index is 0.998. The Morgan fingerprint density at radius 3 is 2.75 bits per heavy atom. The summed E-state index contributed by atoms with van der Waals surface area (Å²) < 4.78 is 7.46. The van der Waals surface area contributed by atoms with Gasteiger partial charge in [0.2, 0.25) is 0 Å². The van der Waals surface area contributed by atoms with Gasteiger partial charge >= 0.3 is 0 Å². The van der Waals surface area contributed by atoms with Crippen molar-refractivity contribution in [3.05, 3.63) is 0 Å². The fourth-order valence-corrected chi connectivity index (χ4v) is 0. The van der Waals surface area contributed by atoms with Crippen LogP contribution in [0.4, 0.5) is 0 Å². The normalized spacial score (nSPS) is 11.2. The van der Waals surface area contributed by atoms with E-state index in [1.165, 1.54) is 0 Å². The number of hydrogen-bond donors (Lipinski definition) is 1. The Labute approximate surface area is 43.2 Å². The third-order valence-corrected chi connectivity index (χ3v) is 0.378. The molecule has 0 amide bonds. The average Bonchev–Trinajstić information content (AvgIpc) is 1.38. The van der Waals surface area contributed by atoms with Crippen LogP contribution >= 0.6 is 22.9 Å². The summed E-state index contributed by atoms with van der Waals surface area (Å²) in [7, 11) is 5.93. The average molecular weight is 166 g/mol. The van der Waals surface area contributed by atoms with E-state index in [-0.39, 0.29) is 0 Å². The predicted octanol–water partition coefficient (Wildman–Crippen LogP) is -0.371. The van der Waals surface area contributed by atoms with Crippen molar-refractivity contribution in [2.75, 3.05) is 0 Å². The van der Waals surface area contributed by atoms with Crippen LogP contribution in [0.3, 0.4) is 0 Å². The molecule has 0 saturated carbocycles. The van der Waals surface area contributed by atoms with Crippen molar-refractivity contribution >= 4 is 37.9 Å². The molecule has 0 aromatic carbocycles. The maximum atomic E-state index is 6.47. The van der Waals surface area contributed by atoms with Gasteiger partial charge < -0.3 is 11.2 Å². The molecular weight excluding hydrogens is 163 g/mol. The second kappa shape index (κ2) is 3.82. The Kier molecular flexibility index (Phi) is 2.89. The van der Waals surface area contributed by atoms with Crippen LogP contribution in [0.5, 0.6) is 0 Å². The smallest absolute Gasteiger partial charge is 0.114 e. The molecule has 0 heterocycles. The zero-order valence-corrected chi connectivity index (χ0v) is 4.14. The van der Waals surface area contributed by atoms with E-state index in [2.05, 4.69) is 0 Å². The molecular formula is HB2IN-. The maximum Gasteiger partial charge on any atom is 0.114 e. The highest BCUT2D eigenvalue weighted by molar-refractivity contribution is 14.1. The van der Waals surface area contributed by atoms with E-state index >= 15 is 0 Å². The van der Waals surface area contributed by atoms with Crippen LogP contribution in [-0.4, -0.2) is 15.0 Å². The molecule has 0 aliphatic rings. The van der Waals surface area contributed by atoms with Crippen molar-refractivity contribution in [3.63, 3.8) is 0 Å². The van der Waals surface area contributed by atoms with E-state index in [4.69, 9.17) is 9.15 Å².